The van der Waals surface area contributed by atoms with Gasteiger partial charge in [0.05, 0.1) is 5.60 Å². The molecule has 6 nitrogen and oxygen atoms in total. The highest BCUT2D eigenvalue weighted by molar-refractivity contribution is 7.92. The van der Waals surface area contributed by atoms with Crippen molar-refractivity contribution >= 4 is 15.7 Å². The molecule has 2 N–H and O–H groups in total. The summed E-state index contributed by atoms with van der Waals surface area (Å²) in [6, 6.07) is -0.152. The number of carbonyl (C=O) groups excluding carboxylic acids is 1. The van der Waals surface area contributed by atoms with E-state index in [4.69, 9.17) is 4.74 Å². The number of hydrogen-bond acceptors (Lipinski definition) is 5. The van der Waals surface area contributed by atoms with Crippen LogP contribution in [-0.4, -0.2) is 57.2 Å². The molecule has 1 saturated heterocycles. The first-order chi connectivity index (χ1) is 9.54. The maximum Gasteiger partial charge on any atom is 0.241 e. The van der Waals surface area contributed by atoms with Gasteiger partial charge < -0.3 is 15.4 Å². The highest BCUT2D eigenvalue weighted by Crippen LogP contribution is 2.28. The molecule has 0 saturated carbocycles. The monoisotopic (exact) mass is 320 g/mol. The van der Waals surface area contributed by atoms with E-state index in [1.165, 1.54) is 0 Å². The molecule has 1 heterocycles. The lowest BCUT2D eigenvalue weighted by Crippen LogP contribution is -2.59. The van der Waals surface area contributed by atoms with Crippen LogP contribution in [0.15, 0.2) is 0 Å². The Morgan fingerprint density at radius 1 is 1.38 bits per heavy atom. The number of nitrogens with one attached hydrogen (secondary N) is 2. The Balaban J connectivity index is 2.84. The number of carbonyl (C=O) groups is 1. The Labute approximate surface area is 127 Å². The topological polar surface area (TPSA) is 84.5 Å². The van der Waals surface area contributed by atoms with E-state index in [2.05, 4.69) is 10.6 Å². The lowest BCUT2D eigenvalue weighted by Gasteiger charge is -2.36. The molecule has 0 radical (unpaired) electrons. The minimum absolute atomic E-state index is 0.152. The van der Waals surface area contributed by atoms with E-state index in [-0.39, 0.29) is 17.6 Å². The second-order valence-electron chi connectivity index (χ2n) is 6.56. The Bertz CT molecular complexity index is 467. The quantitative estimate of drug-likeness (QED) is 0.743. The maximum atomic E-state index is 12.6. The van der Waals surface area contributed by atoms with Crippen molar-refractivity contribution < 1.29 is 17.9 Å². The highest BCUT2D eigenvalue weighted by Gasteiger charge is 2.48. The molecule has 21 heavy (non-hydrogen) atoms. The zero-order chi connectivity index (χ0) is 16.3. The molecule has 1 aliphatic rings. The number of hydrogen-bond donors (Lipinski definition) is 2. The first-order valence-electron chi connectivity index (χ1n) is 7.30. The summed E-state index contributed by atoms with van der Waals surface area (Å²) in [6.45, 7) is 6.83. The molecule has 0 aromatic carbocycles. The van der Waals surface area contributed by atoms with Crippen LogP contribution in [0.25, 0.3) is 0 Å². The van der Waals surface area contributed by atoms with Crippen LogP contribution in [0, 0.1) is 0 Å². The average molecular weight is 320 g/mol. The molecule has 1 amide bonds. The summed E-state index contributed by atoms with van der Waals surface area (Å²) in [4.78, 5) is 12.6. The summed E-state index contributed by atoms with van der Waals surface area (Å²) in [5.41, 5.74) is -0.362. The van der Waals surface area contributed by atoms with Gasteiger partial charge in [-0.1, -0.05) is 0 Å². The zero-order valence-electron chi connectivity index (χ0n) is 13.7. The van der Waals surface area contributed by atoms with Crippen molar-refractivity contribution in [3.8, 4) is 0 Å². The third kappa shape index (κ3) is 4.40. The summed E-state index contributed by atoms with van der Waals surface area (Å²) >= 11 is 0. The molecule has 0 aliphatic carbocycles. The summed E-state index contributed by atoms with van der Waals surface area (Å²) in [5.74, 6) is -0.383. The van der Waals surface area contributed by atoms with Crippen molar-refractivity contribution in [2.45, 2.75) is 56.4 Å². The first kappa shape index (κ1) is 18.4. The third-order valence-electron chi connectivity index (χ3n) is 4.26. The average Bonchev–Trinajstić information content (AvgIpc) is 2.37. The second-order valence-corrected chi connectivity index (χ2v) is 8.88. The molecule has 1 fully saturated rings. The van der Waals surface area contributed by atoms with Gasteiger partial charge in [-0.3, -0.25) is 4.79 Å². The molecule has 1 aliphatic heterocycles. The molecule has 0 aromatic rings. The lowest BCUT2D eigenvalue weighted by molar-refractivity contribution is -0.125. The van der Waals surface area contributed by atoms with Crippen LogP contribution in [0.2, 0.25) is 0 Å². The number of sulfone groups is 1. The number of rotatable bonds is 6. The van der Waals surface area contributed by atoms with Crippen LogP contribution in [0.5, 0.6) is 0 Å². The molecule has 1 unspecified atom stereocenters. The Morgan fingerprint density at radius 2 is 1.90 bits per heavy atom. The molecule has 1 rings (SSSR count). The van der Waals surface area contributed by atoms with E-state index in [1.807, 2.05) is 20.8 Å². The molecule has 7 heteroatoms. The fraction of sp³-hybridized carbons (Fsp3) is 0.929. The fourth-order valence-electron chi connectivity index (χ4n) is 2.82. The van der Waals surface area contributed by atoms with Gasteiger partial charge in [0.2, 0.25) is 5.91 Å². The lowest BCUT2D eigenvalue weighted by atomic mass is 9.94. The van der Waals surface area contributed by atoms with Crippen molar-refractivity contribution in [2.24, 2.45) is 0 Å². The molecule has 0 spiro atoms. The van der Waals surface area contributed by atoms with E-state index >= 15 is 0 Å². The van der Waals surface area contributed by atoms with Crippen LogP contribution in [-0.2, 0) is 19.4 Å². The number of amides is 1. The standard InChI is InChI=1S/C14H28N2O4S/c1-11(10-13(2,3)20-4)16-12(17)14(21(5,18)19)6-8-15-9-7-14/h11,15H,6-10H2,1-5H3,(H,16,17). The summed E-state index contributed by atoms with van der Waals surface area (Å²) < 4.78 is 28.4. The van der Waals surface area contributed by atoms with Gasteiger partial charge in [-0.2, -0.15) is 0 Å². The van der Waals surface area contributed by atoms with E-state index < -0.39 is 14.6 Å². The predicted octanol–water partition coefficient (Wildman–Crippen LogP) is 0.473. The molecule has 1 atom stereocenters. The molecule has 0 aromatic heterocycles. The van der Waals surface area contributed by atoms with Gasteiger partial charge in [0.15, 0.2) is 14.6 Å². The van der Waals surface area contributed by atoms with Crippen LogP contribution in [0.4, 0.5) is 0 Å². The second kappa shape index (κ2) is 6.62. The molecule has 124 valence electrons. The Hall–Kier alpha value is -0.660. The number of piperidine rings is 1. The smallest absolute Gasteiger partial charge is 0.241 e. The summed E-state index contributed by atoms with van der Waals surface area (Å²) in [5, 5.41) is 5.96. The van der Waals surface area contributed by atoms with Gasteiger partial charge in [0.1, 0.15) is 0 Å². The van der Waals surface area contributed by atoms with E-state index in [1.54, 1.807) is 7.11 Å². The van der Waals surface area contributed by atoms with E-state index in [0.717, 1.165) is 6.26 Å². The molecule has 0 bridgehead atoms. The SMILES string of the molecule is COC(C)(C)CC(C)NC(=O)C1(S(C)(=O)=O)CCNCC1. The van der Waals surface area contributed by atoms with Gasteiger partial charge in [0.25, 0.3) is 0 Å². The minimum Gasteiger partial charge on any atom is -0.379 e. The summed E-state index contributed by atoms with van der Waals surface area (Å²) in [7, 11) is -1.84. The van der Waals surface area contributed by atoms with Crippen LogP contribution < -0.4 is 10.6 Å². The molecular formula is C14H28N2O4S. The third-order valence-corrected chi connectivity index (χ3v) is 6.28. The van der Waals surface area contributed by atoms with Gasteiger partial charge in [0, 0.05) is 19.4 Å². The minimum atomic E-state index is -3.46. The Morgan fingerprint density at radius 3 is 2.33 bits per heavy atom. The van der Waals surface area contributed by atoms with Gasteiger partial charge in [-0.25, -0.2) is 8.42 Å². The number of methoxy groups -OCH3 is 1. The summed E-state index contributed by atoms with van der Waals surface area (Å²) in [6.07, 6.45) is 2.41. The normalized spacial score (nSPS) is 20.8. The van der Waals surface area contributed by atoms with E-state index in [0.29, 0.717) is 32.4 Å². The predicted molar refractivity (Wildman–Crippen MR) is 83.0 cm³/mol. The van der Waals surface area contributed by atoms with Crippen LogP contribution >= 0.6 is 0 Å². The van der Waals surface area contributed by atoms with E-state index in [9.17, 15) is 13.2 Å². The van der Waals surface area contributed by atoms with Gasteiger partial charge >= 0.3 is 0 Å². The molecular weight excluding hydrogens is 292 g/mol. The largest absolute Gasteiger partial charge is 0.379 e. The maximum absolute atomic E-state index is 12.6. The fourth-order valence-corrected chi connectivity index (χ4v) is 4.17. The van der Waals surface area contributed by atoms with Gasteiger partial charge in [-0.15, -0.1) is 0 Å². The van der Waals surface area contributed by atoms with Crippen molar-refractivity contribution in [3.63, 3.8) is 0 Å². The zero-order valence-corrected chi connectivity index (χ0v) is 14.5. The van der Waals surface area contributed by atoms with Gasteiger partial charge in [-0.05, 0) is 53.1 Å². The van der Waals surface area contributed by atoms with Crippen molar-refractivity contribution in [2.75, 3.05) is 26.5 Å². The number of ether oxygens (including phenoxy) is 1. The first-order valence-corrected chi connectivity index (χ1v) is 9.20. The van der Waals surface area contributed by atoms with Crippen molar-refractivity contribution in [3.05, 3.63) is 0 Å². The van der Waals surface area contributed by atoms with Crippen molar-refractivity contribution in [1.29, 1.82) is 0 Å². The van der Waals surface area contributed by atoms with Crippen LogP contribution in [0.1, 0.15) is 40.0 Å². The van der Waals surface area contributed by atoms with Crippen LogP contribution in [0.3, 0.4) is 0 Å². The highest BCUT2D eigenvalue weighted by atomic mass is 32.2. The van der Waals surface area contributed by atoms with Crippen molar-refractivity contribution in [1.82, 2.24) is 10.6 Å². The Kier molecular flexibility index (Phi) is 5.80.